The summed E-state index contributed by atoms with van der Waals surface area (Å²) in [6.45, 7) is 3.78. The van der Waals surface area contributed by atoms with E-state index >= 15 is 0 Å². The van der Waals surface area contributed by atoms with Crippen LogP contribution in [0, 0.1) is 0 Å². The van der Waals surface area contributed by atoms with Crippen LogP contribution >= 0.6 is 46.6 Å². The number of hydrogen-bond acceptors (Lipinski definition) is 5. The van der Waals surface area contributed by atoms with Crippen molar-refractivity contribution in [3.05, 3.63) is 38.3 Å². The number of benzene rings is 1. The molecule has 1 aliphatic rings. The van der Waals surface area contributed by atoms with Gasteiger partial charge in [0.05, 0.1) is 15.7 Å². The van der Waals surface area contributed by atoms with Crippen LogP contribution in [0.2, 0.25) is 10.0 Å². The van der Waals surface area contributed by atoms with Gasteiger partial charge in [-0.3, -0.25) is 4.79 Å². The second kappa shape index (κ2) is 9.02. The minimum absolute atomic E-state index is 0.104. The Hall–Kier alpha value is -0.970. The molecule has 1 heterocycles. The quantitative estimate of drug-likeness (QED) is 0.656. The maximum absolute atomic E-state index is 12.6. The van der Waals surface area contributed by atoms with Gasteiger partial charge in [-0.05, 0) is 12.1 Å². The number of carbonyl (C=O) groups excluding carboxylic acids is 2. The Morgan fingerprint density at radius 1 is 1.19 bits per heavy atom. The lowest BCUT2D eigenvalue weighted by Gasteiger charge is -2.21. The number of anilines is 1. The highest BCUT2D eigenvalue weighted by molar-refractivity contribution is 8.17. The van der Waals surface area contributed by atoms with E-state index in [0.717, 1.165) is 0 Å². The number of nitrogens with zero attached hydrogens (tertiary/aromatic N) is 1. The van der Waals surface area contributed by atoms with E-state index in [-0.39, 0.29) is 38.9 Å². The summed E-state index contributed by atoms with van der Waals surface area (Å²) in [5.41, 5.74) is -0.0538. The SMILES string of the molecule is CCN(CC)S(=O)(=O)C1SC(Cl)=C(NC(=O)Nc2cccc(Cl)c2Cl)C1=O. The molecule has 1 aromatic rings. The number of allylic oxidation sites excluding steroid dienone is 1. The first-order valence-electron chi connectivity index (χ1n) is 7.75. The van der Waals surface area contributed by atoms with E-state index in [9.17, 15) is 18.0 Å². The van der Waals surface area contributed by atoms with Crippen molar-refractivity contribution in [1.82, 2.24) is 9.62 Å². The molecular weight excluding hydrogens is 457 g/mol. The maximum Gasteiger partial charge on any atom is 0.323 e. The first-order chi connectivity index (χ1) is 12.6. The molecule has 0 saturated carbocycles. The van der Waals surface area contributed by atoms with E-state index in [1.54, 1.807) is 26.0 Å². The molecule has 2 amide bonds. The van der Waals surface area contributed by atoms with Crippen molar-refractivity contribution in [3.63, 3.8) is 0 Å². The molecule has 0 fully saturated rings. The van der Waals surface area contributed by atoms with Crippen LogP contribution in [0.4, 0.5) is 10.5 Å². The monoisotopic (exact) mass is 471 g/mol. The van der Waals surface area contributed by atoms with Crippen molar-refractivity contribution in [2.75, 3.05) is 18.4 Å². The highest BCUT2D eigenvalue weighted by atomic mass is 35.5. The predicted octanol–water partition coefficient (Wildman–Crippen LogP) is 3.84. The molecule has 0 aliphatic carbocycles. The minimum atomic E-state index is -3.91. The number of nitrogens with one attached hydrogen (secondary N) is 2. The summed E-state index contributed by atoms with van der Waals surface area (Å²) in [7, 11) is -3.91. The third-order valence-corrected chi connectivity index (χ3v) is 8.77. The molecule has 1 aliphatic heterocycles. The fourth-order valence-electron chi connectivity index (χ4n) is 2.31. The number of ketones is 1. The van der Waals surface area contributed by atoms with E-state index in [1.807, 2.05) is 0 Å². The third kappa shape index (κ3) is 4.72. The summed E-state index contributed by atoms with van der Waals surface area (Å²) in [6.07, 6.45) is 0. The number of amides is 2. The Morgan fingerprint density at radius 2 is 1.81 bits per heavy atom. The van der Waals surface area contributed by atoms with Crippen molar-refractivity contribution in [1.29, 1.82) is 0 Å². The summed E-state index contributed by atoms with van der Waals surface area (Å²) in [4.78, 5) is 24.7. The molecule has 0 radical (unpaired) electrons. The first kappa shape index (κ1) is 22.3. The van der Waals surface area contributed by atoms with Crippen molar-refractivity contribution >= 4 is 74.1 Å². The van der Waals surface area contributed by atoms with Crippen LogP contribution in [0.5, 0.6) is 0 Å². The molecule has 27 heavy (non-hydrogen) atoms. The topological polar surface area (TPSA) is 95.6 Å². The maximum atomic E-state index is 12.6. The van der Waals surface area contributed by atoms with Gasteiger partial charge in [0.25, 0.3) is 0 Å². The van der Waals surface area contributed by atoms with Crippen LogP contribution in [0.1, 0.15) is 13.8 Å². The van der Waals surface area contributed by atoms with E-state index in [1.165, 1.54) is 10.4 Å². The number of thioether (sulfide) groups is 1. The van der Waals surface area contributed by atoms with E-state index in [2.05, 4.69) is 10.6 Å². The minimum Gasteiger partial charge on any atom is -0.306 e. The van der Waals surface area contributed by atoms with Gasteiger partial charge in [0, 0.05) is 13.1 Å². The lowest BCUT2D eigenvalue weighted by Crippen LogP contribution is -2.41. The Kier molecular flexibility index (Phi) is 7.46. The standard InChI is InChI=1S/C15H16Cl3N3O4S2/c1-3-21(4-2)27(24,25)14-12(22)11(13(18)26-14)20-15(23)19-9-7-5-6-8(16)10(9)17/h5-7,14H,3-4H2,1-2H3,(H2,19,20,23). The number of hydrogen-bond donors (Lipinski definition) is 2. The van der Waals surface area contributed by atoms with Crippen LogP contribution in [0.15, 0.2) is 28.3 Å². The van der Waals surface area contributed by atoms with Crippen LogP contribution in [0.3, 0.4) is 0 Å². The van der Waals surface area contributed by atoms with Crippen molar-refractivity contribution < 1.29 is 18.0 Å². The average molecular weight is 473 g/mol. The predicted molar refractivity (Wildman–Crippen MR) is 110 cm³/mol. The van der Waals surface area contributed by atoms with Crippen molar-refractivity contribution in [2.45, 2.75) is 18.4 Å². The van der Waals surface area contributed by atoms with Gasteiger partial charge in [-0.15, -0.1) is 0 Å². The number of urea groups is 1. The van der Waals surface area contributed by atoms with E-state index < -0.39 is 26.4 Å². The van der Waals surface area contributed by atoms with Crippen molar-refractivity contribution in [2.24, 2.45) is 0 Å². The highest BCUT2D eigenvalue weighted by Crippen LogP contribution is 2.40. The van der Waals surface area contributed by atoms with Gasteiger partial charge in [-0.2, -0.15) is 0 Å². The van der Waals surface area contributed by atoms with Gasteiger partial charge in [0.2, 0.25) is 15.8 Å². The van der Waals surface area contributed by atoms with Crippen LogP contribution in [-0.2, 0) is 14.8 Å². The summed E-state index contributed by atoms with van der Waals surface area (Å²) in [6, 6.07) is 3.84. The Labute approximate surface area is 176 Å². The smallest absolute Gasteiger partial charge is 0.306 e. The largest absolute Gasteiger partial charge is 0.323 e. The summed E-state index contributed by atoms with van der Waals surface area (Å²) < 4.78 is 24.8. The van der Waals surface area contributed by atoms with E-state index in [4.69, 9.17) is 34.8 Å². The number of sulfonamides is 1. The molecule has 1 aromatic carbocycles. The van der Waals surface area contributed by atoms with Gasteiger partial charge >= 0.3 is 6.03 Å². The summed E-state index contributed by atoms with van der Waals surface area (Å²) in [5.74, 6) is -0.788. The van der Waals surface area contributed by atoms with Gasteiger partial charge in [-0.25, -0.2) is 17.5 Å². The normalized spacial score (nSPS) is 17.6. The second-order valence-electron chi connectivity index (χ2n) is 5.27. The summed E-state index contributed by atoms with van der Waals surface area (Å²) in [5, 5.41) is 5.10. The fourth-order valence-corrected chi connectivity index (χ4v) is 6.43. The molecule has 1 unspecified atom stereocenters. The Bertz CT molecular complexity index is 902. The molecule has 0 bridgehead atoms. The number of halogens is 3. The molecule has 148 valence electrons. The molecule has 1 atom stereocenters. The molecule has 0 aromatic heterocycles. The van der Waals surface area contributed by atoms with Gasteiger partial charge in [0.1, 0.15) is 10.1 Å². The zero-order valence-corrected chi connectivity index (χ0v) is 18.2. The molecule has 12 heteroatoms. The highest BCUT2D eigenvalue weighted by Gasteiger charge is 2.45. The van der Waals surface area contributed by atoms with Crippen LogP contribution in [-0.4, -0.2) is 42.2 Å². The Balaban J connectivity index is 2.15. The lowest BCUT2D eigenvalue weighted by molar-refractivity contribution is -0.114. The zero-order chi connectivity index (χ0) is 20.4. The van der Waals surface area contributed by atoms with Crippen LogP contribution in [0.25, 0.3) is 0 Å². The third-order valence-electron chi connectivity index (χ3n) is 3.64. The van der Waals surface area contributed by atoms with Crippen LogP contribution < -0.4 is 10.6 Å². The molecule has 2 rings (SSSR count). The van der Waals surface area contributed by atoms with Gasteiger partial charge in [0.15, 0.2) is 4.58 Å². The van der Waals surface area contributed by atoms with E-state index in [0.29, 0.717) is 11.8 Å². The lowest BCUT2D eigenvalue weighted by atomic mass is 10.3. The first-order valence-corrected chi connectivity index (χ1v) is 11.3. The second-order valence-corrected chi connectivity index (χ2v) is 10.1. The molecular formula is C15H16Cl3N3O4S2. The average Bonchev–Trinajstić information content (AvgIpc) is 2.88. The Morgan fingerprint density at radius 3 is 2.41 bits per heavy atom. The molecule has 7 nitrogen and oxygen atoms in total. The van der Waals surface area contributed by atoms with Gasteiger partial charge < -0.3 is 10.6 Å². The zero-order valence-electron chi connectivity index (χ0n) is 14.3. The molecule has 0 saturated heterocycles. The molecule has 0 spiro atoms. The van der Waals surface area contributed by atoms with Gasteiger partial charge in [-0.1, -0.05) is 66.5 Å². The van der Waals surface area contributed by atoms with Crippen molar-refractivity contribution in [3.8, 4) is 0 Å². The summed E-state index contributed by atoms with van der Waals surface area (Å²) >= 11 is 18.6. The number of carbonyl (C=O) groups is 2. The number of Topliss-reactive ketones (excluding diaryl/α,β-unsaturated/α-hetero) is 1. The number of rotatable bonds is 6. The molecule has 2 N–H and O–H groups in total. The fraction of sp³-hybridized carbons (Fsp3) is 0.333.